The number of nitrogens with one attached hydrogen (secondary N) is 1. The minimum Gasteiger partial charge on any atom is -0.492 e. The van der Waals surface area contributed by atoms with Crippen LogP contribution in [0.25, 0.3) is 0 Å². The predicted molar refractivity (Wildman–Crippen MR) is 176 cm³/mol. The standard InChI is InChI=1S/C25H25NO5.C12H23N/c1-2-29-24(25(27)28)17-18-11-13-19(14-12-18)30-16-15-26-20-7-3-5-9-22(20)31-23-10-6-4-8-21(23)26;1-3-7-11(8-4-1)13-12-9-5-2-6-10-12/h3-14,24H,2,15-17H2,1H3,(H,27,28);11-13H,1-10H2. The van der Waals surface area contributed by atoms with E-state index in [9.17, 15) is 9.90 Å². The quantitative estimate of drug-likeness (QED) is 0.229. The molecule has 7 heteroatoms. The van der Waals surface area contributed by atoms with Crippen LogP contribution in [0.4, 0.5) is 11.4 Å². The summed E-state index contributed by atoms with van der Waals surface area (Å²) in [4.78, 5) is 13.5. The normalized spacial score (nSPS) is 17.3. The highest BCUT2D eigenvalue weighted by molar-refractivity contribution is 5.77. The topological polar surface area (TPSA) is 80.3 Å². The van der Waals surface area contributed by atoms with Gasteiger partial charge in [-0.3, -0.25) is 0 Å². The SMILES string of the molecule is C1CCC(NC2CCCCC2)CC1.CCOC(Cc1ccc(OCCN2c3ccccc3Oc3ccccc32)cc1)C(=O)O. The molecule has 3 aromatic carbocycles. The molecule has 6 rings (SSSR count). The van der Waals surface area contributed by atoms with E-state index in [1.54, 1.807) is 6.92 Å². The lowest BCUT2D eigenvalue weighted by Gasteiger charge is -2.32. The number of anilines is 2. The average molecular weight is 601 g/mol. The van der Waals surface area contributed by atoms with Crippen LogP contribution in [0.5, 0.6) is 17.2 Å². The van der Waals surface area contributed by atoms with Crippen molar-refractivity contribution in [2.75, 3.05) is 24.7 Å². The monoisotopic (exact) mass is 600 g/mol. The fourth-order valence-corrected chi connectivity index (χ4v) is 6.50. The third kappa shape index (κ3) is 8.99. The predicted octanol–water partition coefficient (Wildman–Crippen LogP) is 8.28. The molecule has 2 aliphatic carbocycles. The summed E-state index contributed by atoms with van der Waals surface area (Å²) in [5, 5.41) is 13.1. The van der Waals surface area contributed by atoms with Crippen LogP contribution in [0.3, 0.4) is 0 Å². The minimum absolute atomic E-state index is 0.324. The van der Waals surface area contributed by atoms with Crippen LogP contribution < -0.4 is 19.7 Å². The van der Waals surface area contributed by atoms with Crippen LogP contribution in [0.15, 0.2) is 72.8 Å². The Morgan fingerprint density at radius 3 is 1.91 bits per heavy atom. The lowest BCUT2D eigenvalue weighted by atomic mass is 9.91. The van der Waals surface area contributed by atoms with Gasteiger partial charge in [0.05, 0.1) is 17.9 Å². The first-order valence-corrected chi connectivity index (χ1v) is 16.6. The summed E-state index contributed by atoms with van der Waals surface area (Å²) >= 11 is 0. The fourth-order valence-electron chi connectivity index (χ4n) is 6.50. The summed E-state index contributed by atoms with van der Waals surface area (Å²) in [6.45, 7) is 3.30. The highest BCUT2D eigenvalue weighted by Crippen LogP contribution is 2.45. The summed E-state index contributed by atoms with van der Waals surface area (Å²) in [6, 6.07) is 25.1. The van der Waals surface area contributed by atoms with Gasteiger partial charge < -0.3 is 29.5 Å². The van der Waals surface area contributed by atoms with Crippen molar-refractivity contribution in [1.29, 1.82) is 0 Å². The number of hydrogen-bond donors (Lipinski definition) is 2. The summed E-state index contributed by atoms with van der Waals surface area (Å²) in [5.74, 6) is 1.44. The number of nitrogens with zero attached hydrogens (tertiary/aromatic N) is 1. The molecule has 0 aromatic heterocycles. The van der Waals surface area contributed by atoms with Crippen molar-refractivity contribution >= 4 is 17.3 Å². The molecule has 0 amide bonds. The first kappa shape index (κ1) is 31.9. The zero-order valence-electron chi connectivity index (χ0n) is 26.1. The summed E-state index contributed by atoms with van der Waals surface area (Å²) in [5.41, 5.74) is 2.91. The third-order valence-electron chi connectivity index (χ3n) is 8.79. The third-order valence-corrected chi connectivity index (χ3v) is 8.79. The second-order valence-electron chi connectivity index (χ2n) is 12.0. The molecule has 1 atom stereocenters. The van der Waals surface area contributed by atoms with Gasteiger partial charge >= 0.3 is 5.97 Å². The van der Waals surface area contributed by atoms with E-state index in [-0.39, 0.29) is 0 Å². The minimum atomic E-state index is -0.951. The maximum Gasteiger partial charge on any atom is 0.333 e. The number of aliphatic carboxylic acids is 1. The van der Waals surface area contributed by atoms with Gasteiger partial charge in [0.25, 0.3) is 0 Å². The lowest BCUT2D eigenvalue weighted by Crippen LogP contribution is -2.40. The van der Waals surface area contributed by atoms with Crippen molar-refractivity contribution in [3.8, 4) is 17.2 Å². The fraction of sp³-hybridized carbons (Fsp3) is 0.486. The Bertz CT molecular complexity index is 1240. The molecule has 2 saturated carbocycles. The van der Waals surface area contributed by atoms with Crippen molar-refractivity contribution in [1.82, 2.24) is 5.32 Å². The summed E-state index contributed by atoms with van der Waals surface area (Å²) in [6.07, 6.45) is 14.1. The second kappa shape index (κ2) is 16.5. The number of carboxylic acid groups (broad SMARTS) is 1. The van der Waals surface area contributed by atoms with E-state index in [4.69, 9.17) is 14.2 Å². The van der Waals surface area contributed by atoms with Crippen molar-refractivity contribution < 1.29 is 24.1 Å². The molecule has 2 N–H and O–H groups in total. The van der Waals surface area contributed by atoms with Gasteiger partial charge in [-0.05, 0) is 74.6 Å². The number of hydrogen-bond acceptors (Lipinski definition) is 6. The number of benzene rings is 3. The molecule has 1 unspecified atom stereocenters. The van der Waals surface area contributed by atoms with Crippen LogP contribution in [-0.2, 0) is 16.0 Å². The zero-order chi connectivity index (χ0) is 30.6. The Morgan fingerprint density at radius 2 is 1.39 bits per heavy atom. The van der Waals surface area contributed by atoms with E-state index >= 15 is 0 Å². The van der Waals surface area contributed by atoms with Gasteiger partial charge in [-0.15, -0.1) is 0 Å². The van der Waals surface area contributed by atoms with Crippen LogP contribution in [0.1, 0.15) is 76.7 Å². The second-order valence-corrected chi connectivity index (χ2v) is 12.0. The van der Waals surface area contributed by atoms with Gasteiger partial charge in [0.2, 0.25) is 0 Å². The molecular weight excluding hydrogens is 552 g/mol. The van der Waals surface area contributed by atoms with Crippen LogP contribution in [-0.4, -0.2) is 49.0 Å². The van der Waals surface area contributed by atoms with Gasteiger partial charge in [0, 0.05) is 25.1 Å². The lowest BCUT2D eigenvalue weighted by molar-refractivity contribution is -0.149. The zero-order valence-corrected chi connectivity index (χ0v) is 26.1. The van der Waals surface area contributed by atoms with Crippen molar-refractivity contribution in [2.45, 2.75) is 95.7 Å². The summed E-state index contributed by atoms with van der Waals surface area (Å²) < 4.78 is 17.3. The van der Waals surface area contributed by atoms with Crippen molar-refractivity contribution in [3.63, 3.8) is 0 Å². The van der Waals surface area contributed by atoms with Gasteiger partial charge in [0.1, 0.15) is 12.4 Å². The molecule has 7 nitrogen and oxygen atoms in total. The first-order chi connectivity index (χ1) is 21.6. The Balaban J connectivity index is 0.000000245. The number of carbonyl (C=O) groups is 1. The molecule has 0 bridgehead atoms. The van der Waals surface area contributed by atoms with Gasteiger partial charge in [-0.2, -0.15) is 0 Å². The van der Waals surface area contributed by atoms with Crippen LogP contribution in [0.2, 0.25) is 0 Å². The number of ether oxygens (including phenoxy) is 3. The number of fused-ring (bicyclic) bond motifs is 2. The van der Waals surface area contributed by atoms with E-state index in [1.165, 1.54) is 64.2 Å². The molecule has 44 heavy (non-hydrogen) atoms. The van der Waals surface area contributed by atoms with Crippen LogP contribution in [0, 0.1) is 0 Å². The average Bonchev–Trinajstić information content (AvgIpc) is 3.06. The van der Waals surface area contributed by atoms with Crippen molar-refractivity contribution in [3.05, 3.63) is 78.4 Å². The van der Waals surface area contributed by atoms with E-state index in [0.717, 1.165) is 46.3 Å². The highest BCUT2D eigenvalue weighted by Gasteiger charge is 2.24. The maximum atomic E-state index is 11.3. The molecule has 3 aromatic rings. The number of carboxylic acids is 1. The van der Waals surface area contributed by atoms with E-state index < -0.39 is 12.1 Å². The highest BCUT2D eigenvalue weighted by atomic mass is 16.5. The molecule has 1 aliphatic heterocycles. The Kier molecular flexibility index (Phi) is 11.9. The Morgan fingerprint density at radius 1 is 0.841 bits per heavy atom. The van der Waals surface area contributed by atoms with Gasteiger partial charge in [-0.25, -0.2) is 4.79 Å². The van der Waals surface area contributed by atoms with Crippen LogP contribution >= 0.6 is 0 Å². The molecule has 0 saturated heterocycles. The molecule has 3 aliphatic rings. The van der Waals surface area contributed by atoms with Crippen molar-refractivity contribution in [2.24, 2.45) is 0 Å². The number of para-hydroxylation sites is 4. The van der Waals surface area contributed by atoms with Gasteiger partial charge in [0.15, 0.2) is 17.6 Å². The smallest absolute Gasteiger partial charge is 0.333 e. The molecule has 236 valence electrons. The Hall–Kier alpha value is -3.55. The number of rotatable bonds is 11. The largest absolute Gasteiger partial charge is 0.492 e. The van der Waals surface area contributed by atoms with Gasteiger partial charge in [-0.1, -0.05) is 74.9 Å². The molecule has 0 radical (unpaired) electrons. The molecule has 2 fully saturated rings. The van der Waals surface area contributed by atoms with E-state index in [2.05, 4.69) is 10.2 Å². The van der Waals surface area contributed by atoms with E-state index in [1.807, 2.05) is 72.8 Å². The maximum absolute atomic E-state index is 11.3. The molecular formula is C37H48N2O5. The Labute approximate surface area is 262 Å². The molecule has 0 spiro atoms. The summed E-state index contributed by atoms with van der Waals surface area (Å²) in [7, 11) is 0. The first-order valence-electron chi connectivity index (χ1n) is 16.6. The van der Waals surface area contributed by atoms with E-state index in [0.29, 0.717) is 26.2 Å². The molecule has 1 heterocycles.